The quantitative estimate of drug-likeness (QED) is 0.737. The summed E-state index contributed by atoms with van der Waals surface area (Å²) >= 11 is 3.41. The molecule has 2 saturated heterocycles. The molecule has 0 aromatic heterocycles. The number of alkyl halides is 1. The molecule has 0 N–H and O–H groups in total. The van der Waals surface area contributed by atoms with E-state index in [0.717, 1.165) is 10.2 Å². The number of ether oxygens (including phenoxy) is 1. The summed E-state index contributed by atoms with van der Waals surface area (Å²) in [7, 11) is 0. The predicted molar refractivity (Wildman–Crippen MR) is 91.5 cm³/mol. The molecule has 2 heterocycles. The van der Waals surface area contributed by atoms with Crippen LogP contribution in [0.15, 0.2) is 28.7 Å². The first-order valence-corrected chi connectivity index (χ1v) is 8.63. The summed E-state index contributed by atoms with van der Waals surface area (Å²) in [6, 6.07) is 7.89. The number of carbonyl (C=O) groups excluding carboxylic acids is 1. The van der Waals surface area contributed by atoms with Crippen molar-refractivity contribution in [2.75, 3.05) is 31.1 Å². The summed E-state index contributed by atoms with van der Waals surface area (Å²) in [6.07, 6.45) is -0.417. The first-order chi connectivity index (χ1) is 10.7. The summed E-state index contributed by atoms with van der Waals surface area (Å²) in [6.45, 7) is 6.93. The highest BCUT2D eigenvalue weighted by molar-refractivity contribution is 9.10. The molecule has 0 saturated carbocycles. The molecule has 0 radical (unpaired) electrons. The van der Waals surface area contributed by atoms with E-state index >= 15 is 4.39 Å². The molecule has 1 amide bonds. The van der Waals surface area contributed by atoms with Gasteiger partial charge in [0.25, 0.3) is 0 Å². The molecule has 2 aliphatic heterocycles. The first kappa shape index (κ1) is 16.6. The normalized spacial score (nSPS) is 27.3. The molecule has 0 spiro atoms. The average molecular weight is 385 g/mol. The van der Waals surface area contributed by atoms with E-state index in [9.17, 15) is 4.79 Å². The van der Waals surface area contributed by atoms with Gasteiger partial charge in [0.2, 0.25) is 0 Å². The van der Waals surface area contributed by atoms with Crippen LogP contribution < -0.4 is 4.90 Å². The molecule has 2 atom stereocenters. The fourth-order valence-electron chi connectivity index (χ4n) is 3.30. The Bertz CT molecular complexity index is 602. The third-order valence-corrected chi connectivity index (χ3v) is 4.89. The van der Waals surface area contributed by atoms with E-state index in [1.54, 1.807) is 0 Å². The van der Waals surface area contributed by atoms with Crippen molar-refractivity contribution in [1.29, 1.82) is 0 Å². The van der Waals surface area contributed by atoms with Crippen LogP contribution >= 0.6 is 15.9 Å². The molecule has 2 aliphatic rings. The maximum absolute atomic E-state index is 15.3. The summed E-state index contributed by atoms with van der Waals surface area (Å²) in [4.78, 5) is 15.7. The van der Waals surface area contributed by atoms with Crippen LogP contribution in [-0.2, 0) is 4.74 Å². The van der Waals surface area contributed by atoms with E-state index in [1.165, 1.54) is 4.90 Å². The van der Waals surface area contributed by atoms with E-state index in [2.05, 4.69) is 20.8 Å². The second-order valence-electron chi connectivity index (χ2n) is 7.45. The van der Waals surface area contributed by atoms with Crippen molar-refractivity contribution in [3.05, 3.63) is 28.7 Å². The van der Waals surface area contributed by atoms with Crippen molar-refractivity contribution in [3.8, 4) is 0 Å². The van der Waals surface area contributed by atoms with Gasteiger partial charge in [0.15, 0.2) is 5.67 Å². The number of carbonyl (C=O) groups is 1. The summed E-state index contributed by atoms with van der Waals surface area (Å²) < 4.78 is 21.6. The van der Waals surface area contributed by atoms with Gasteiger partial charge in [-0.1, -0.05) is 15.9 Å². The molecule has 23 heavy (non-hydrogen) atoms. The van der Waals surface area contributed by atoms with Gasteiger partial charge in [-0.05, 0) is 45.0 Å². The predicted octanol–water partition coefficient (Wildman–Crippen LogP) is 3.84. The Balaban J connectivity index is 1.66. The number of hydrogen-bond acceptors (Lipinski definition) is 3. The smallest absolute Gasteiger partial charge is 0.410 e. The number of halogens is 2. The Morgan fingerprint density at radius 3 is 2.48 bits per heavy atom. The lowest BCUT2D eigenvalue weighted by Gasteiger charge is -2.27. The third kappa shape index (κ3) is 3.47. The van der Waals surface area contributed by atoms with Gasteiger partial charge in [-0.25, -0.2) is 9.18 Å². The first-order valence-electron chi connectivity index (χ1n) is 7.84. The topological polar surface area (TPSA) is 32.8 Å². The van der Waals surface area contributed by atoms with Gasteiger partial charge in [-0.2, -0.15) is 0 Å². The second kappa shape index (κ2) is 5.65. The Labute approximate surface area is 144 Å². The Kier molecular flexibility index (Phi) is 4.07. The minimum absolute atomic E-state index is 0.111. The lowest BCUT2D eigenvalue weighted by molar-refractivity contribution is 0.0261. The van der Waals surface area contributed by atoms with Crippen LogP contribution in [0.2, 0.25) is 0 Å². The highest BCUT2D eigenvalue weighted by atomic mass is 79.9. The molecule has 0 aliphatic carbocycles. The highest BCUT2D eigenvalue weighted by Crippen LogP contribution is 2.40. The van der Waals surface area contributed by atoms with E-state index in [0.29, 0.717) is 19.6 Å². The summed E-state index contributed by atoms with van der Waals surface area (Å²) in [5.74, 6) is -0.168. The molecule has 1 aromatic carbocycles. The second-order valence-corrected chi connectivity index (χ2v) is 8.37. The monoisotopic (exact) mass is 384 g/mol. The van der Waals surface area contributed by atoms with Crippen molar-refractivity contribution >= 4 is 27.7 Å². The molecule has 2 unspecified atom stereocenters. The maximum Gasteiger partial charge on any atom is 0.410 e. The van der Waals surface area contributed by atoms with E-state index in [-0.39, 0.29) is 12.5 Å². The fourth-order valence-corrected chi connectivity index (χ4v) is 3.57. The molecule has 1 aromatic rings. The van der Waals surface area contributed by atoms with E-state index < -0.39 is 17.4 Å². The van der Waals surface area contributed by atoms with Crippen molar-refractivity contribution < 1.29 is 13.9 Å². The largest absolute Gasteiger partial charge is 0.444 e. The lowest BCUT2D eigenvalue weighted by Crippen LogP contribution is -2.40. The molecule has 6 heteroatoms. The minimum atomic E-state index is -1.36. The molecular weight excluding hydrogens is 363 g/mol. The fraction of sp³-hybridized carbons (Fsp3) is 0.588. The van der Waals surface area contributed by atoms with Crippen molar-refractivity contribution in [1.82, 2.24) is 4.90 Å². The minimum Gasteiger partial charge on any atom is -0.444 e. The van der Waals surface area contributed by atoms with Crippen LogP contribution in [0.5, 0.6) is 0 Å². The van der Waals surface area contributed by atoms with Gasteiger partial charge in [0, 0.05) is 29.2 Å². The lowest BCUT2D eigenvalue weighted by atomic mass is 9.97. The Morgan fingerprint density at radius 2 is 1.91 bits per heavy atom. The Morgan fingerprint density at radius 1 is 1.26 bits per heavy atom. The molecule has 126 valence electrons. The van der Waals surface area contributed by atoms with Crippen LogP contribution in [0.1, 0.15) is 20.8 Å². The van der Waals surface area contributed by atoms with Crippen LogP contribution in [0, 0.1) is 5.92 Å². The Hall–Kier alpha value is -1.30. The average Bonchev–Trinajstić information content (AvgIpc) is 2.89. The number of likely N-dealkylation sites (tertiary alicyclic amines) is 1. The number of rotatable bonds is 1. The molecular formula is C17H22BrFN2O2. The number of fused-ring (bicyclic) bond motifs is 1. The van der Waals surface area contributed by atoms with Gasteiger partial charge in [0.05, 0.1) is 13.1 Å². The highest BCUT2D eigenvalue weighted by Gasteiger charge is 2.55. The molecule has 0 bridgehead atoms. The van der Waals surface area contributed by atoms with Gasteiger partial charge in [-0.3, -0.25) is 0 Å². The number of hydrogen-bond donors (Lipinski definition) is 0. The van der Waals surface area contributed by atoms with Gasteiger partial charge < -0.3 is 14.5 Å². The van der Waals surface area contributed by atoms with Crippen LogP contribution in [0.4, 0.5) is 14.9 Å². The van der Waals surface area contributed by atoms with Gasteiger partial charge >= 0.3 is 6.09 Å². The SMILES string of the molecule is CC(C)(C)OC(=O)N1CC2CN(c3ccc(Br)cc3)CC2(F)C1. The molecule has 4 nitrogen and oxygen atoms in total. The zero-order valence-electron chi connectivity index (χ0n) is 13.7. The van der Waals surface area contributed by atoms with Crippen LogP contribution in [0.25, 0.3) is 0 Å². The van der Waals surface area contributed by atoms with Crippen molar-refractivity contribution in [3.63, 3.8) is 0 Å². The number of anilines is 1. The summed E-state index contributed by atoms with van der Waals surface area (Å²) in [5.41, 5.74) is -0.894. The third-order valence-electron chi connectivity index (χ3n) is 4.36. The molecule has 3 rings (SSSR count). The van der Waals surface area contributed by atoms with Gasteiger partial charge in [0.1, 0.15) is 5.60 Å². The number of benzene rings is 1. The van der Waals surface area contributed by atoms with E-state index in [4.69, 9.17) is 4.74 Å². The number of nitrogens with zero attached hydrogens (tertiary/aromatic N) is 2. The summed E-state index contributed by atoms with van der Waals surface area (Å²) in [5, 5.41) is 0. The van der Waals surface area contributed by atoms with Crippen LogP contribution in [-0.4, -0.2) is 48.4 Å². The zero-order valence-corrected chi connectivity index (χ0v) is 15.3. The van der Waals surface area contributed by atoms with Gasteiger partial charge in [-0.15, -0.1) is 0 Å². The van der Waals surface area contributed by atoms with Crippen molar-refractivity contribution in [2.24, 2.45) is 5.92 Å². The maximum atomic E-state index is 15.3. The standard InChI is InChI=1S/C17H22BrFN2O2/c1-16(2,3)23-15(22)21-9-12-8-20(10-17(12,19)11-21)14-6-4-13(18)5-7-14/h4-7,12H,8-11H2,1-3H3. The van der Waals surface area contributed by atoms with Crippen LogP contribution in [0.3, 0.4) is 0 Å². The molecule has 2 fully saturated rings. The zero-order chi connectivity index (χ0) is 16.8. The van der Waals surface area contributed by atoms with Crippen molar-refractivity contribution in [2.45, 2.75) is 32.0 Å². The number of amides is 1. The van der Waals surface area contributed by atoms with E-state index in [1.807, 2.05) is 45.0 Å².